The topological polar surface area (TPSA) is 68.2 Å². The Morgan fingerprint density at radius 1 is 1.10 bits per heavy atom. The number of ether oxygens (including phenoxy) is 3. The molecule has 216 valence electrons. The van der Waals surface area contributed by atoms with Crippen molar-refractivity contribution in [2.24, 2.45) is 29.6 Å². The van der Waals surface area contributed by atoms with Gasteiger partial charge in [-0.3, -0.25) is 4.90 Å². The number of carbonyl (C=O) groups excluding carboxylic acids is 1. The summed E-state index contributed by atoms with van der Waals surface area (Å²) in [5, 5.41) is 11.8. The van der Waals surface area contributed by atoms with Gasteiger partial charge in [0.05, 0.1) is 18.8 Å². The van der Waals surface area contributed by atoms with Gasteiger partial charge in [0, 0.05) is 30.5 Å². The summed E-state index contributed by atoms with van der Waals surface area (Å²) < 4.78 is 17.9. The van der Waals surface area contributed by atoms with Gasteiger partial charge < -0.3 is 19.3 Å². The zero-order valence-corrected chi connectivity index (χ0v) is 24.6. The highest BCUT2D eigenvalue weighted by Gasteiger charge is 2.56. The standard InChI is InChI=1S/C34H45NO5/c1-19(2)13-16-27(36)30-24-15-14-23(22-10-7-6-8-11-22)25(24)18-26-29-20(3)32(39-28(29)12-9-17-35(26)30)33-31(38-5)21(4)34(37)40-33/h6-8,10-12,19-20,23-27,29-30,36H,9,13-18H2,1-5H3. The molecule has 0 spiro atoms. The highest BCUT2D eigenvalue weighted by molar-refractivity contribution is 5.93. The first kappa shape index (κ1) is 27.6. The van der Waals surface area contributed by atoms with E-state index in [2.05, 4.69) is 62.1 Å². The molecule has 4 heterocycles. The smallest absolute Gasteiger partial charge is 0.343 e. The number of rotatable bonds is 6. The minimum atomic E-state index is -0.372. The SMILES string of the molecule is COC1=C(C)C(=O)OC1=C1OC2=CCCN3C(CC4C(c5ccccc5)CCC4C3C(O)CCC(C)C)C2C1C. The van der Waals surface area contributed by atoms with E-state index in [4.69, 9.17) is 14.2 Å². The average molecular weight is 548 g/mol. The van der Waals surface area contributed by atoms with Crippen molar-refractivity contribution in [2.45, 2.75) is 90.3 Å². The van der Waals surface area contributed by atoms with E-state index in [9.17, 15) is 9.90 Å². The molecule has 3 fully saturated rings. The quantitative estimate of drug-likeness (QED) is 0.422. The number of cyclic esters (lactones) is 1. The van der Waals surface area contributed by atoms with Gasteiger partial charge in [-0.2, -0.15) is 0 Å². The van der Waals surface area contributed by atoms with Crippen LogP contribution in [0.25, 0.3) is 0 Å². The fourth-order valence-corrected chi connectivity index (χ4v) is 8.60. The maximum Gasteiger partial charge on any atom is 0.343 e. The molecule has 0 bridgehead atoms. The predicted octanol–water partition coefficient (Wildman–Crippen LogP) is 6.30. The van der Waals surface area contributed by atoms with Crippen LogP contribution in [0.5, 0.6) is 0 Å². The number of methoxy groups -OCH3 is 1. The molecule has 8 atom stereocenters. The molecule has 4 aliphatic heterocycles. The van der Waals surface area contributed by atoms with Crippen LogP contribution in [-0.2, 0) is 19.0 Å². The van der Waals surface area contributed by atoms with Crippen LogP contribution in [0, 0.1) is 29.6 Å². The molecule has 6 nitrogen and oxygen atoms in total. The van der Waals surface area contributed by atoms with Gasteiger partial charge in [-0.25, -0.2) is 4.79 Å². The van der Waals surface area contributed by atoms with Gasteiger partial charge in [0.1, 0.15) is 5.76 Å². The molecule has 8 unspecified atom stereocenters. The van der Waals surface area contributed by atoms with E-state index < -0.39 is 0 Å². The fourth-order valence-electron chi connectivity index (χ4n) is 8.60. The molecule has 5 aliphatic rings. The minimum absolute atomic E-state index is 0.0253. The summed E-state index contributed by atoms with van der Waals surface area (Å²) in [6.07, 6.45) is 8.10. The van der Waals surface area contributed by atoms with Crippen LogP contribution in [0.3, 0.4) is 0 Å². The van der Waals surface area contributed by atoms with Crippen LogP contribution in [0.15, 0.2) is 65.0 Å². The third-order valence-electron chi connectivity index (χ3n) is 10.4. The number of benzene rings is 1. The molecule has 6 heteroatoms. The summed E-state index contributed by atoms with van der Waals surface area (Å²) in [5.41, 5.74) is 1.92. The van der Waals surface area contributed by atoms with Gasteiger partial charge in [-0.15, -0.1) is 0 Å². The molecule has 1 saturated carbocycles. The number of piperidine rings is 1. The summed E-state index contributed by atoms with van der Waals surface area (Å²) in [6.45, 7) is 9.37. The van der Waals surface area contributed by atoms with E-state index in [1.165, 1.54) is 18.4 Å². The summed E-state index contributed by atoms with van der Waals surface area (Å²) in [4.78, 5) is 15.1. The second kappa shape index (κ2) is 11.0. The molecule has 6 rings (SSSR count). The van der Waals surface area contributed by atoms with E-state index >= 15 is 0 Å². The molecule has 1 aromatic rings. The molecule has 1 N–H and O–H groups in total. The lowest BCUT2D eigenvalue weighted by Gasteiger charge is -2.52. The van der Waals surface area contributed by atoms with E-state index in [0.717, 1.165) is 38.0 Å². The number of esters is 1. The molecule has 1 aliphatic carbocycles. The predicted molar refractivity (Wildman–Crippen MR) is 154 cm³/mol. The van der Waals surface area contributed by atoms with Crippen LogP contribution in [0.2, 0.25) is 0 Å². The molecule has 0 aromatic heterocycles. The molecule has 1 aromatic carbocycles. The molecule has 0 amide bonds. The Labute approximate surface area is 239 Å². The first-order valence-corrected chi connectivity index (χ1v) is 15.4. The first-order chi connectivity index (χ1) is 19.3. The maximum atomic E-state index is 12.4. The number of allylic oxidation sites excluding steroid dienone is 1. The lowest BCUT2D eigenvalue weighted by atomic mass is 9.68. The Morgan fingerprint density at radius 2 is 1.88 bits per heavy atom. The monoisotopic (exact) mass is 547 g/mol. The normalized spacial score (nSPS) is 36.4. The maximum absolute atomic E-state index is 12.4. The van der Waals surface area contributed by atoms with E-state index in [1.54, 1.807) is 14.0 Å². The van der Waals surface area contributed by atoms with Crippen molar-refractivity contribution in [3.05, 3.63) is 70.6 Å². The van der Waals surface area contributed by atoms with Crippen molar-refractivity contribution >= 4 is 5.97 Å². The number of fused-ring (bicyclic) bond motifs is 4. The van der Waals surface area contributed by atoms with E-state index in [-0.39, 0.29) is 36.0 Å². The molecular weight excluding hydrogens is 502 g/mol. The van der Waals surface area contributed by atoms with Crippen LogP contribution in [-0.4, -0.2) is 47.8 Å². The van der Waals surface area contributed by atoms with Gasteiger partial charge in [0.25, 0.3) is 0 Å². The van der Waals surface area contributed by atoms with Crippen molar-refractivity contribution in [3.63, 3.8) is 0 Å². The number of nitrogens with zero attached hydrogens (tertiary/aromatic N) is 1. The Kier molecular flexibility index (Phi) is 7.60. The third-order valence-corrected chi connectivity index (χ3v) is 10.4. The Bertz CT molecular complexity index is 1220. The molecule has 40 heavy (non-hydrogen) atoms. The highest BCUT2D eigenvalue weighted by atomic mass is 16.6. The first-order valence-electron chi connectivity index (χ1n) is 15.4. The number of aliphatic hydroxyl groups excluding tert-OH is 1. The minimum Gasteiger partial charge on any atom is -0.492 e. The summed E-state index contributed by atoms with van der Waals surface area (Å²) in [6, 6.07) is 11.4. The largest absolute Gasteiger partial charge is 0.492 e. The summed E-state index contributed by atoms with van der Waals surface area (Å²) >= 11 is 0. The lowest BCUT2D eigenvalue weighted by molar-refractivity contribution is -0.133. The second-order valence-corrected chi connectivity index (χ2v) is 13.0. The number of aliphatic hydroxyl groups is 1. The van der Waals surface area contributed by atoms with E-state index in [1.807, 2.05) is 0 Å². The lowest BCUT2D eigenvalue weighted by Crippen LogP contribution is -2.60. The Morgan fingerprint density at radius 3 is 2.60 bits per heavy atom. The molecule has 0 radical (unpaired) electrons. The number of hydrogen-bond donors (Lipinski definition) is 1. The van der Waals surface area contributed by atoms with Gasteiger partial charge in [0.15, 0.2) is 11.5 Å². The van der Waals surface area contributed by atoms with Crippen LogP contribution in [0.1, 0.15) is 77.7 Å². The Balaban J connectivity index is 1.38. The van der Waals surface area contributed by atoms with Gasteiger partial charge >= 0.3 is 5.97 Å². The average Bonchev–Trinajstić information content (AvgIpc) is 3.55. The fraction of sp³-hybridized carbons (Fsp3) is 0.618. The highest BCUT2D eigenvalue weighted by Crippen LogP contribution is 2.57. The van der Waals surface area contributed by atoms with Crippen molar-refractivity contribution in [1.29, 1.82) is 0 Å². The molecular formula is C34H45NO5. The van der Waals surface area contributed by atoms with Crippen molar-refractivity contribution in [2.75, 3.05) is 13.7 Å². The van der Waals surface area contributed by atoms with Gasteiger partial charge in [-0.05, 0) is 80.8 Å². The Hall–Kier alpha value is -2.57. The summed E-state index contributed by atoms with van der Waals surface area (Å²) in [7, 11) is 1.58. The van der Waals surface area contributed by atoms with Crippen molar-refractivity contribution in [1.82, 2.24) is 4.90 Å². The van der Waals surface area contributed by atoms with Crippen LogP contribution < -0.4 is 0 Å². The zero-order valence-electron chi connectivity index (χ0n) is 24.6. The van der Waals surface area contributed by atoms with E-state index in [0.29, 0.717) is 46.5 Å². The second-order valence-electron chi connectivity index (χ2n) is 13.0. The van der Waals surface area contributed by atoms with Gasteiger partial charge in [-0.1, -0.05) is 51.1 Å². The van der Waals surface area contributed by atoms with Crippen molar-refractivity contribution in [3.8, 4) is 0 Å². The van der Waals surface area contributed by atoms with Crippen LogP contribution in [0.4, 0.5) is 0 Å². The molecule has 2 saturated heterocycles. The summed E-state index contributed by atoms with van der Waals surface area (Å²) in [5.74, 6) is 4.48. The zero-order chi connectivity index (χ0) is 28.1. The number of carbonyl (C=O) groups is 1. The third kappa shape index (κ3) is 4.61. The van der Waals surface area contributed by atoms with Crippen molar-refractivity contribution < 1.29 is 24.1 Å². The number of hydrogen-bond acceptors (Lipinski definition) is 6. The van der Waals surface area contributed by atoms with Crippen LogP contribution >= 0.6 is 0 Å². The van der Waals surface area contributed by atoms with Gasteiger partial charge in [0.2, 0.25) is 5.76 Å².